The lowest BCUT2D eigenvalue weighted by Gasteiger charge is -2.24. The number of carbonyl (C=O) groups excluding carboxylic acids is 2. The minimum absolute atomic E-state index is 0.0838. The molecular formula is C26H26N2O6. The van der Waals surface area contributed by atoms with Crippen LogP contribution >= 0.6 is 0 Å². The van der Waals surface area contributed by atoms with Crippen molar-refractivity contribution in [1.82, 2.24) is 0 Å². The zero-order chi connectivity index (χ0) is 24.6. The van der Waals surface area contributed by atoms with E-state index >= 15 is 0 Å². The Labute approximate surface area is 197 Å². The van der Waals surface area contributed by atoms with Crippen LogP contribution in [0, 0.1) is 6.92 Å². The number of hydrogen-bond donors (Lipinski definition) is 1. The number of aliphatic hydroxyl groups is 1. The Bertz CT molecular complexity index is 1270. The molecule has 0 spiro atoms. The first kappa shape index (κ1) is 23.0. The largest absolute Gasteiger partial charge is 0.507 e. The summed E-state index contributed by atoms with van der Waals surface area (Å²) in [7, 11) is 6.79. The Kier molecular flexibility index (Phi) is 6.06. The maximum atomic E-state index is 13.3. The predicted molar refractivity (Wildman–Crippen MR) is 129 cm³/mol. The van der Waals surface area contributed by atoms with Gasteiger partial charge >= 0.3 is 0 Å². The van der Waals surface area contributed by atoms with E-state index in [1.54, 1.807) is 49.4 Å². The summed E-state index contributed by atoms with van der Waals surface area (Å²) in [6.07, 6.45) is 0. The average Bonchev–Trinajstić information content (AvgIpc) is 3.38. The Morgan fingerprint density at radius 1 is 1.00 bits per heavy atom. The third-order valence-electron chi connectivity index (χ3n) is 5.78. The number of Topliss-reactive ketones (excluding diaryl/α,β-unsaturated/α-hetero) is 1. The molecule has 4 rings (SSSR count). The minimum atomic E-state index is -0.953. The van der Waals surface area contributed by atoms with Gasteiger partial charge in [-0.05, 0) is 55.5 Å². The molecule has 8 nitrogen and oxygen atoms in total. The summed E-state index contributed by atoms with van der Waals surface area (Å²) in [4.78, 5) is 29.8. The summed E-state index contributed by atoms with van der Waals surface area (Å²) in [5.41, 5.74) is 1.62. The molecule has 1 fully saturated rings. The topological polar surface area (TPSA) is 92.5 Å². The molecule has 1 aliphatic heterocycles. The van der Waals surface area contributed by atoms with Crippen molar-refractivity contribution in [1.29, 1.82) is 0 Å². The number of anilines is 2. The molecular weight excluding hydrogens is 436 g/mol. The van der Waals surface area contributed by atoms with Gasteiger partial charge in [-0.3, -0.25) is 14.5 Å². The molecule has 2 heterocycles. The van der Waals surface area contributed by atoms with Crippen LogP contribution in [0.1, 0.15) is 23.1 Å². The fraction of sp³-hybridized carbons (Fsp3) is 0.231. The molecule has 176 valence electrons. The summed E-state index contributed by atoms with van der Waals surface area (Å²) in [6, 6.07) is 14.5. The lowest BCUT2D eigenvalue weighted by Crippen LogP contribution is -2.29. The number of furan rings is 1. The highest BCUT2D eigenvalue weighted by molar-refractivity contribution is 6.51. The second kappa shape index (κ2) is 8.97. The second-order valence-electron chi connectivity index (χ2n) is 8.09. The van der Waals surface area contributed by atoms with Crippen LogP contribution in [0.3, 0.4) is 0 Å². The summed E-state index contributed by atoms with van der Waals surface area (Å²) < 4.78 is 16.5. The van der Waals surface area contributed by atoms with Gasteiger partial charge in [-0.25, -0.2) is 0 Å². The average molecular weight is 463 g/mol. The summed E-state index contributed by atoms with van der Waals surface area (Å²) in [5, 5.41) is 11.3. The number of benzene rings is 2. The van der Waals surface area contributed by atoms with E-state index in [2.05, 4.69) is 0 Å². The van der Waals surface area contributed by atoms with Gasteiger partial charge in [0.1, 0.15) is 34.8 Å². The molecule has 34 heavy (non-hydrogen) atoms. The molecule has 1 atom stereocenters. The van der Waals surface area contributed by atoms with Crippen molar-refractivity contribution in [3.63, 3.8) is 0 Å². The van der Waals surface area contributed by atoms with Gasteiger partial charge in [0.05, 0.1) is 25.4 Å². The van der Waals surface area contributed by atoms with E-state index in [0.717, 1.165) is 5.69 Å². The Balaban J connectivity index is 1.91. The van der Waals surface area contributed by atoms with Crippen molar-refractivity contribution >= 4 is 28.8 Å². The molecule has 1 aliphatic rings. The highest BCUT2D eigenvalue weighted by Gasteiger charge is 2.48. The molecule has 1 aromatic heterocycles. The number of ether oxygens (including phenoxy) is 2. The highest BCUT2D eigenvalue weighted by Crippen LogP contribution is 2.44. The Hall–Kier alpha value is -4.20. The van der Waals surface area contributed by atoms with Crippen LogP contribution < -0.4 is 19.3 Å². The first-order valence-corrected chi connectivity index (χ1v) is 10.6. The van der Waals surface area contributed by atoms with Crippen molar-refractivity contribution in [2.75, 3.05) is 38.1 Å². The normalized spacial score (nSPS) is 17.2. The van der Waals surface area contributed by atoms with E-state index in [-0.39, 0.29) is 16.9 Å². The number of amides is 1. The number of rotatable bonds is 6. The van der Waals surface area contributed by atoms with Crippen molar-refractivity contribution < 1.29 is 28.6 Å². The van der Waals surface area contributed by atoms with Gasteiger partial charge < -0.3 is 23.9 Å². The van der Waals surface area contributed by atoms with Crippen LogP contribution in [-0.4, -0.2) is 45.1 Å². The van der Waals surface area contributed by atoms with Crippen molar-refractivity contribution in [2.24, 2.45) is 0 Å². The van der Waals surface area contributed by atoms with Crippen LogP contribution in [0.15, 0.2) is 64.6 Å². The zero-order valence-electron chi connectivity index (χ0n) is 19.7. The molecule has 0 bridgehead atoms. The molecule has 1 unspecified atom stereocenters. The molecule has 1 saturated heterocycles. The number of nitrogens with zero attached hydrogens (tertiary/aromatic N) is 2. The SMILES string of the molecule is COc1ccc(/C(O)=C2/C(=O)C(=O)N(c3ccc(N(C)C)cc3)C2c2ccc(C)o2)c(OC)c1. The molecule has 3 aromatic rings. The second-order valence-corrected chi connectivity index (χ2v) is 8.09. The fourth-order valence-electron chi connectivity index (χ4n) is 4.02. The number of hydrogen-bond acceptors (Lipinski definition) is 7. The van der Waals surface area contributed by atoms with Crippen LogP contribution in [0.4, 0.5) is 11.4 Å². The van der Waals surface area contributed by atoms with Gasteiger partial charge in [0.25, 0.3) is 11.7 Å². The molecule has 8 heteroatoms. The van der Waals surface area contributed by atoms with E-state index < -0.39 is 17.7 Å². The molecule has 0 aliphatic carbocycles. The van der Waals surface area contributed by atoms with Crippen molar-refractivity contribution in [3.8, 4) is 11.5 Å². The lowest BCUT2D eigenvalue weighted by atomic mass is 9.98. The summed E-state index contributed by atoms with van der Waals surface area (Å²) >= 11 is 0. The Morgan fingerprint density at radius 2 is 1.71 bits per heavy atom. The molecule has 1 N–H and O–H groups in total. The van der Waals surface area contributed by atoms with Crippen LogP contribution in [0.25, 0.3) is 5.76 Å². The van der Waals surface area contributed by atoms with Crippen LogP contribution in [-0.2, 0) is 9.59 Å². The van der Waals surface area contributed by atoms with Gasteiger partial charge in [-0.15, -0.1) is 0 Å². The van der Waals surface area contributed by atoms with Gasteiger partial charge in [0.15, 0.2) is 0 Å². The standard InChI is InChI=1S/C26H26N2O6/c1-15-6-13-20(34-15)23-22(24(29)19-12-11-18(32-4)14-21(19)33-5)25(30)26(31)28(23)17-9-7-16(8-10-17)27(2)3/h6-14,23,29H,1-5H3/b24-22-. The summed E-state index contributed by atoms with van der Waals surface area (Å²) in [5.74, 6) is -0.130. The number of carbonyl (C=O) groups is 2. The smallest absolute Gasteiger partial charge is 0.300 e. The van der Waals surface area contributed by atoms with E-state index in [1.807, 2.05) is 31.1 Å². The van der Waals surface area contributed by atoms with Gasteiger partial charge in [-0.1, -0.05) is 0 Å². The number of aliphatic hydroxyl groups excluding tert-OH is 1. The van der Waals surface area contributed by atoms with Crippen LogP contribution in [0.2, 0.25) is 0 Å². The summed E-state index contributed by atoms with van der Waals surface area (Å²) in [6.45, 7) is 1.77. The van der Waals surface area contributed by atoms with Crippen molar-refractivity contribution in [3.05, 3.63) is 77.3 Å². The van der Waals surface area contributed by atoms with E-state index in [4.69, 9.17) is 13.9 Å². The number of aryl methyl sites for hydroxylation is 1. The molecule has 1 amide bonds. The van der Waals surface area contributed by atoms with Crippen molar-refractivity contribution in [2.45, 2.75) is 13.0 Å². The van der Waals surface area contributed by atoms with Gasteiger partial charge in [0.2, 0.25) is 0 Å². The predicted octanol–water partition coefficient (Wildman–Crippen LogP) is 4.30. The monoisotopic (exact) mass is 462 g/mol. The molecule has 2 aromatic carbocycles. The third kappa shape index (κ3) is 3.87. The lowest BCUT2D eigenvalue weighted by molar-refractivity contribution is -0.132. The minimum Gasteiger partial charge on any atom is -0.507 e. The first-order valence-electron chi connectivity index (χ1n) is 10.6. The third-order valence-corrected chi connectivity index (χ3v) is 5.78. The fourth-order valence-corrected chi connectivity index (χ4v) is 4.02. The maximum absolute atomic E-state index is 13.3. The quantitative estimate of drug-likeness (QED) is 0.332. The Morgan fingerprint density at radius 3 is 2.26 bits per heavy atom. The van der Waals surface area contributed by atoms with Crippen LogP contribution in [0.5, 0.6) is 11.5 Å². The number of ketones is 1. The highest BCUT2D eigenvalue weighted by atomic mass is 16.5. The van der Waals surface area contributed by atoms with Gasteiger partial charge in [-0.2, -0.15) is 0 Å². The zero-order valence-corrected chi connectivity index (χ0v) is 19.7. The molecule has 0 radical (unpaired) electrons. The van der Waals surface area contributed by atoms with E-state index in [0.29, 0.717) is 28.7 Å². The van der Waals surface area contributed by atoms with Gasteiger partial charge in [0, 0.05) is 31.5 Å². The maximum Gasteiger partial charge on any atom is 0.300 e. The van der Waals surface area contributed by atoms with E-state index in [1.165, 1.54) is 19.1 Å². The number of methoxy groups -OCH3 is 2. The van der Waals surface area contributed by atoms with E-state index in [9.17, 15) is 14.7 Å². The first-order chi connectivity index (χ1) is 16.3. The molecule has 0 saturated carbocycles.